The molecule has 8 heteroatoms. The Kier molecular flexibility index (Phi) is 3.89. The molecule has 4 aromatic rings. The highest BCUT2D eigenvalue weighted by Gasteiger charge is 2.19. The lowest BCUT2D eigenvalue weighted by atomic mass is 10.1. The average Bonchev–Trinajstić information content (AvgIpc) is 3.32. The Balaban J connectivity index is 2.02. The number of allylic oxidation sites excluding steroid dienone is 2. The molecule has 0 aliphatic heterocycles. The molecule has 26 heavy (non-hydrogen) atoms. The Morgan fingerprint density at radius 2 is 2.19 bits per heavy atom. The van der Waals surface area contributed by atoms with E-state index in [1.54, 1.807) is 22.8 Å². The number of hydrogen-bond donors (Lipinski definition) is 1. The molecule has 0 aliphatic carbocycles. The molecule has 0 atom stereocenters. The summed E-state index contributed by atoms with van der Waals surface area (Å²) in [6.07, 6.45) is 9.18. The molecule has 0 saturated carbocycles. The summed E-state index contributed by atoms with van der Waals surface area (Å²) in [4.78, 5) is 25.9. The molecule has 4 heterocycles. The molecule has 0 aliphatic rings. The SMILES string of the molecule is C/C=C\C(=NC)c1nc2sccn2c1-c1ccc2ncc(C(N)=O)n2c1. The smallest absolute Gasteiger partial charge is 0.267 e. The van der Waals surface area contributed by atoms with Crippen LogP contribution in [0.15, 0.2) is 53.2 Å². The van der Waals surface area contributed by atoms with E-state index in [1.165, 1.54) is 6.20 Å². The third kappa shape index (κ3) is 2.42. The number of hydrogen-bond acceptors (Lipinski definition) is 5. The molecule has 130 valence electrons. The van der Waals surface area contributed by atoms with Crippen molar-refractivity contribution in [3.63, 3.8) is 0 Å². The van der Waals surface area contributed by atoms with Crippen molar-refractivity contribution in [3.05, 3.63) is 59.6 Å². The number of fused-ring (bicyclic) bond motifs is 2. The minimum absolute atomic E-state index is 0.340. The standard InChI is InChI=1S/C18H16N6OS/c1-3-4-12(20-2)15-16(23-7-8-26-18(23)22-15)11-5-6-14-21-9-13(17(19)25)24(14)10-11/h3-10H,1-2H3,(H2,19,25)/b4-3-,20-12?. The summed E-state index contributed by atoms with van der Waals surface area (Å²) in [6, 6.07) is 3.82. The fourth-order valence-electron chi connectivity index (χ4n) is 2.96. The topological polar surface area (TPSA) is 90.0 Å². The second kappa shape index (κ2) is 6.23. The summed E-state index contributed by atoms with van der Waals surface area (Å²) in [5, 5.41) is 1.98. The first kappa shape index (κ1) is 16.2. The fourth-order valence-corrected chi connectivity index (χ4v) is 3.67. The second-order valence-electron chi connectivity index (χ2n) is 5.63. The van der Waals surface area contributed by atoms with Crippen LogP contribution in [0.5, 0.6) is 0 Å². The van der Waals surface area contributed by atoms with Crippen LogP contribution < -0.4 is 5.73 Å². The number of imidazole rings is 2. The monoisotopic (exact) mass is 364 g/mol. The first-order valence-corrected chi connectivity index (χ1v) is 8.84. The van der Waals surface area contributed by atoms with Crippen molar-refractivity contribution >= 4 is 33.6 Å². The van der Waals surface area contributed by atoms with Gasteiger partial charge in [-0.3, -0.25) is 18.6 Å². The zero-order valence-electron chi connectivity index (χ0n) is 14.2. The number of primary amides is 1. The van der Waals surface area contributed by atoms with Gasteiger partial charge in [0.2, 0.25) is 0 Å². The van der Waals surface area contributed by atoms with E-state index in [9.17, 15) is 4.79 Å². The molecule has 7 nitrogen and oxygen atoms in total. The predicted octanol–water partition coefficient (Wildman–Crippen LogP) is 2.80. The highest BCUT2D eigenvalue weighted by molar-refractivity contribution is 7.15. The van der Waals surface area contributed by atoms with Gasteiger partial charge in [-0.2, -0.15) is 0 Å². The highest BCUT2D eigenvalue weighted by Crippen LogP contribution is 2.29. The molecule has 1 amide bonds. The molecule has 0 bridgehead atoms. The first-order valence-electron chi connectivity index (χ1n) is 7.96. The van der Waals surface area contributed by atoms with E-state index in [0.717, 1.165) is 27.6 Å². The number of amides is 1. The van der Waals surface area contributed by atoms with Gasteiger partial charge < -0.3 is 5.73 Å². The van der Waals surface area contributed by atoms with E-state index in [0.29, 0.717) is 11.3 Å². The van der Waals surface area contributed by atoms with Crippen molar-refractivity contribution in [3.8, 4) is 11.3 Å². The normalized spacial score (nSPS) is 12.6. The summed E-state index contributed by atoms with van der Waals surface area (Å²) in [5.41, 5.74) is 9.84. The van der Waals surface area contributed by atoms with Crippen LogP contribution in [0.2, 0.25) is 0 Å². The lowest BCUT2D eigenvalue weighted by Crippen LogP contribution is -2.13. The first-order chi connectivity index (χ1) is 12.6. The lowest BCUT2D eigenvalue weighted by molar-refractivity contribution is 0.0995. The van der Waals surface area contributed by atoms with Crippen LogP contribution >= 0.6 is 11.3 Å². The molecular formula is C18H16N6OS. The zero-order chi connectivity index (χ0) is 18.3. The maximum absolute atomic E-state index is 11.7. The van der Waals surface area contributed by atoms with Gasteiger partial charge >= 0.3 is 0 Å². The van der Waals surface area contributed by atoms with E-state index in [1.807, 2.05) is 53.4 Å². The van der Waals surface area contributed by atoms with Crippen molar-refractivity contribution in [2.75, 3.05) is 7.05 Å². The molecule has 0 fully saturated rings. The van der Waals surface area contributed by atoms with Crippen LogP contribution in [-0.2, 0) is 0 Å². The van der Waals surface area contributed by atoms with Crippen molar-refractivity contribution in [1.29, 1.82) is 0 Å². The number of carbonyl (C=O) groups is 1. The number of aliphatic imine (C=N–C) groups is 1. The van der Waals surface area contributed by atoms with Gasteiger partial charge in [-0.1, -0.05) is 6.08 Å². The summed E-state index contributed by atoms with van der Waals surface area (Å²) in [6.45, 7) is 1.94. The summed E-state index contributed by atoms with van der Waals surface area (Å²) in [5.74, 6) is -0.520. The van der Waals surface area contributed by atoms with Crippen molar-refractivity contribution in [1.82, 2.24) is 18.8 Å². The van der Waals surface area contributed by atoms with E-state index >= 15 is 0 Å². The van der Waals surface area contributed by atoms with E-state index in [4.69, 9.17) is 10.7 Å². The maximum Gasteiger partial charge on any atom is 0.267 e. The molecular weight excluding hydrogens is 348 g/mol. The Hall–Kier alpha value is -3.26. The van der Waals surface area contributed by atoms with Crippen LogP contribution in [0.25, 0.3) is 21.9 Å². The largest absolute Gasteiger partial charge is 0.364 e. The minimum atomic E-state index is -0.520. The third-order valence-corrected chi connectivity index (χ3v) is 4.86. The van der Waals surface area contributed by atoms with Crippen LogP contribution in [0.4, 0.5) is 0 Å². The highest BCUT2D eigenvalue weighted by atomic mass is 32.1. The van der Waals surface area contributed by atoms with Gasteiger partial charge in [0.05, 0.1) is 17.6 Å². The molecule has 0 radical (unpaired) electrons. The van der Waals surface area contributed by atoms with Crippen LogP contribution in [-0.4, -0.2) is 37.4 Å². The molecule has 0 aromatic carbocycles. The second-order valence-corrected chi connectivity index (χ2v) is 6.50. The summed E-state index contributed by atoms with van der Waals surface area (Å²) in [7, 11) is 1.75. The van der Waals surface area contributed by atoms with E-state index < -0.39 is 5.91 Å². The number of nitrogens with zero attached hydrogens (tertiary/aromatic N) is 5. The van der Waals surface area contributed by atoms with Crippen molar-refractivity contribution in [2.24, 2.45) is 10.7 Å². The Bertz CT molecular complexity index is 1190. The number of thiazole rings is 1. The van der Waals surface area contributed by atoms with E-state index in [2.05, 4.69) is 9.98 Å². The molecule has 4 rings (SSSR count). The molecule has 0 unspecified atom stereocenters. The number of rotatable bonds is 4. The average molecular weight is 364 g/mol. The Morgan fingerprint density at radius 3 is 2.92 bits per heavy atom. The van der Waals surface area contributed by atoms with Gasteiger partial charge in [-0.15, -0.1) is 11.3 Å². The summed E-state index contributed by atoms with van der Waals surface area (Å²) >= 11 is 1.56. The van der Waals surface area contributed by atoms with Gasteiger partial charge in [0.25, 0.3) is 5.91 Å². The van der Waals surface area contributed by atoms with Gasteiger partial charge in [-0.25, -0.2) is 9.97 Å². The zero-order valence-corrected chi connectivity index (χ0v) is 15.1. The number of nitrogens with two attached hydrogens (primary N) is 1. The molecule has 4 aromatic heterocycles. The van der Waals surface area contributed by atoms with Crippen LogP contribution in [0, 0.1) is 0 Å². The van der Waals surface area contributed by atoms with E-state index in [-0.39, 0.29) is 0 Å². The maximum atomic E-state index is 11.7. The predicted molar refractivity (Wildman–Crippen MR) is 103 cm³/mol. The van der Waals surface area contributed by atoms with Gasteiger partial charge in [0.1, 0.15) is 17.0 Å². The van der Waals surface area contributed by atoms with Crippen molar-refractivity contribution in [2.45, 2.75) is 6.92 Å². The third-order valence-electron chi connectivity index (χ3n) is 4.10. The number of carbonyl (C=O) groups excluding carboxylic acids is 1. The van der Waals surface area contributed by atoms with Crippen LogP contribution in [0.3, 0.4) is 0 Å². The molecule has 0 spiro atoms. The number of aromatic nitrogens is 4. The van der Waals surface area contributed by atoms with Gasteiger partial charge in [-0.05, 0) is 25.1 Å². The number of pyridine rings is 1. The summed E-state index contributed by atoms with van der Waals surface area (Å²) < 4.78 is 3.72. The van der Waals surface area contributed by atoms with Crippen LogP contribution in [0.1, 0.15) is 23.1 Å². The molecule has 0 saturated heterocycles. The molecule has 2 N–H and O–H groups in total. The quantitative estimate of drug-likeness (QED) is 0.565. The lowest BCUT2D eigenvalue weighted by Gasteiger charge is -2.06. The Morgan fingerprint density at radius 1 is 1.35 bits per heavy atom. The van der Waals surface area contributed by atoms with Crippen molar-refractivity contribution < 1.29 is 4.79 Å². The minimum Gasteiger partial charge on any atom is -0.364 e. The van der Waals surface area contributed by atoms with Gasteiger partial charge in [0.15, 0.2) is 4.96 Å². The Labute approximate surface area is 153 Å². The fraction of sp³-hybridized carbons (Fsp3) is 0.111. The van der Waals surface area contributed by atoms with Gasteiger partial charge in [0, 0.05) is 30.4 Å².